The van der Waals surface area contributed by atoms with Gasteiger partial charge in [-0.15, -0.1) is 0 Å². The third kappa shape index (κ3) is 2.13. The van der Waals surface area contributed by atoms with Gasteiger partial charge in [0.25, 0.3) is 0 Å². The molecule has 26 heavy (non-hydrogen) atoms. The highest BCUT2D eigenvalue weighted by molar-refractivity contribution is 5.88. The van der Waals surface area contributed by atoms with Crippen LogP contribution in [0.4, 0.5) is 4.39 Å². The van der Waals surface area contributed by atoms with Crippen molar-refractivity contribution in [3.63, 3.8) is 0 Å². The molecule has 0 bridgehead atoms. The van der Waals surface area contributed by atoms with E-state index in [-0.39, 0.29) is 17.6 Å². The molecule has 1 aromatic heterocycles. The van der Waals surface area contributed by atoms with Gasteiger partial charge in [0.1, 0.15) is 5.82 Å². The van der Waals surface area contributed by atoms with Crippen molar-refractivity contribution in [3.8, 4) is 11.1 Å². The molecule has 1 aliphatic heterocycles. The van der Waals surface area contributed by atoms with Crippen LogP contribution in [-0.4, -0.2) is 22.6 Å². The molecule has 5 heteroatoms. The number of rotatable bonds is 2. The van der Waals surface area contributed by atoms with Crippen LogP contribution in [0.2, 0.25) is 0 Å². The standard InChI is InChI=1S/C21H18FN3O/c22-17-5-6-18-15(9-17)10-21(7-8-23-20(21)26)19(18)14-3-1-13(2-4-14)16-11-24-25-12-16/h1-6,9,11-12,19H,7-8,10H2,(H,23,26)(H,24,25). The van der Waals surface area contributed by atoms with E-state index in [4.69, 9.17) is 0 Å². The third-order valence-electron chi connectivity index (χ3n) is 5.86. The minimum atomic E-state index is -0.507. The first-order valence-electron chi connectivity index (χ1n) is 8.83. The molecular formula is C21H18FN3O. The van der Waals surface area contributed by atoms with E-state index in [1.165, 1.54) is 6.07 Å². The van der Waals surface area contributed by atoms with Crippen LogP contribution < -0.4 is 5.32 Å². The summed E-state index contributed by atoms with van der Waals surface area (Å²) in [6.45, 7) is 0.679. The number of nitrogens with zero attached hydrogens (tertiary/aromatic N) is 1. The SMILES string of the molecule is O=C1NCCC12Cc1cc(F)ccc1C2c1ccc(-c2cn[nH]c2)cc1. The Bertz CT molecular complexity index is 981. The molecule has 2 N–H and O–H groups in total. The molecule has 1 saturated heterocycles. The maximum absolute atomic E-state index is 13.8. The van der Waals surface area contributed by atoms with Crippen LogP contribution in [0, 0.1) is 11.2 Å². The fraction of sp³-hybridized carbons (Fsp3) is 0.238. The number of carbonyl (C=O) groups is 1. The van der Waals surface area contributed by atoms with E-state index in [0.29, 0.717) is 13.0 Å². The fourth-order valence-electron chi connectivity index (χ4n) is 4.66. The lowest BCUT2D eigenvalue weighted by atomic mass is 9.71. The maximum Gasteiger partial charge on any atom is 0.227 e. The van der Waals surface area contributed by atoms with Crippen molar-refractivity contribution in [2.75, 3.05) is 6.54 Å². The van der Waals surface area contributed by atoms with Crippen molar-refractivity contribution < 1.29 is 9.18 Å². The Balaban J connectivity index is 1.62. The highest BCUT2D eigenvalue weighted by Gasteiger charge is 2.54. The first-order chi connectivity index (χ1) is 12.7. The van der Waals surface area contributed by atoms with Crippen LogP contribution in [-0.2, 0) is 11.2 Å². The third-order valence-corrected chi connectivity index (χ3v) is 5.86. The fourth-order valence-corrected chi connectivity index (χ4v) is 4.66. The van der Waals surface area contributed by atoms with E-state index < -0.39 is 5.41 Å². The van der Waals surface area contributed by atoms with Crippen LogP contribution in [0.15, 0.2) is 54.9 Å². The van der Waals surface area contributed by atoms with Gasteiger partial charge in [0.15, 0.2) is 0 Å². The molecule has 0 radical (unpaired) electrons. The molecule has 2 unspecified atom stereocenters. The molecule has 1 spiro atoms. The minimum Gasteiger partial charge on any atom is -0.356 e. The van der Waals surface area contributed by atoms with Gasteiger partial charge in [-0.05, 0) is 47.2 Å². The molecule has 1 amide bonds. The van der Waals surface area contributed by atoms with Crippen LogP contribution in [0.3, 0.4) is 0 Å². The average molecular weight is 347 g/mol. The quantitative estimate of drug-likeness (QED) is 0.746. The number of nitrogens with one attached hydrogen (secondary N) is 2. The molecule has 2 aliphatic rings. The molecule has 4 nitrogen and oxygen atoms in total. The molecule has 2 atom stereocenters. The van der Waals surface area contributed by atoms with Gasteiger partial charge in [0.2, 0.25) is 5.91 Å². The van der Waals surface area contributed by atoms with Crippen molar-refractivity contribution in [1.82, 2.24) is 15.5 Å². The Kier molecular flexibility index (Phi) is 3.26. The van der Waals surface area contributed by atoms with Crippen molar-refractivity contribution in [1.29, 1.82) is 0 Å². The van der Waals surface area contributed by atoms with Gasteiger partial charge in [0.05, 0.1) is 11.6 Å². The summed E-state index contributed by atoms with van der Waals surface area (Å²) in [7, 11) is 0. The van der Waals surface area contributed by atoms with Gasteiger partial charge in [-0.25, -0.2) is 4.39 Å². The first-order valence-corrected chi connectivity index (χ1v) is 8.83. The van der Waals surface area contributed by atoms with Crippen molar-refractivity contribution in [3.05, 3.63) is 77.4 Å². The van der Waals surface area contributed by atoms with Gasteiger partial charge >= 0.3 is 0 Å². The zero-order valence-electron chi connectivity index (χ0n) is 14.1. The molecule has 1 fully saturated rings. The lowest BCUT2D eigenvalue weighted by Crippen LogP contribution is -2.35. The maximum atomic E-state index is 13.8. The smallest absolute Gasteiger partial charge is 0.227 e. The van der Waals surface area contributed by atoms with Gasteiger partial charge in [-0.2, -0.15) is 5.10 Å². The Morgan fingerprint density at radius 3 is 2.65 bits per heavy atom. The number of halogens is 1. The number of H-pyrrole nitrogens is 1. The predicted octanol–water partition coefficient (Wildman–Crippen LogP) is 3.41. The number of benzene rings is 2. The van der Waals surface area contributed by atoms with Gasteiger partial charge in [-0.1, -0.05) is 30.3 Å². The van der Waals surface area contributed by atoms with Gasteiger partial charge < -0.3 is 5.32 Å². The largest absolute Gasteiger partial charge is 0.356 e. The normalized spacial score (nSPS) is 24.0. The number of fused-ring (bicyclic) bond motifs is 1. The number of aromatic nitrogens is 2. The highest BCUT2D eigenvalue weighted by atomic mass is 19.1. The summed E-state index contributed by atoms with van der Waals surface area (Å²) >= 11 is 0. The average Bonchev–Trinajstić information content (AvgIpc) is 3.35. The van der Waals surface area contributed by atoms with Crippen LogP contribution in [0.1, 0.15) is 29.0 Å². The second-order valence-electron chi connectivity index (χ2n) is 7.22. The molecule has 130 valence electrons. The van der Waals surface area contributed by atoms with Gasteiger partial charge in [0, 0.05) is 24.2 Å². The summed E-state index contributed by atoms with van der Waals surface area (Å²) in [5, 5.41) is 9.80. The van der Waals surface area contributed by atoms with E-state index in [9.17, 15) is 9.18 Å². The van der Waals surface area contributed by atoms with Gasteiger partial charge in [-0.3, -0.25) is 9.89 Å². The second-order valence-corrected chi connectivity index (χ2v) is 7.22. The van der Waals surface area contributed by atoms with Crippen LogP contribution in [0.5, 0.6) is 0 Å². The monoisotopic (exact) mass is 347 g/mol. The Labute approximate surface area is 150 Å². The van der Waals surface area contributed by atoms with E-state index in [0.717, 1.165) is 34.2 Å². The zero-order valence-corrected chi connectivity index (χ0v) is 14.1. The molecule has 2 aromatic carbocycles. The summed E-state index contributed by atoms with van der Waals surface area (Å²) in [6.07, 6.45) is 5.01. The molecule has 0 saturated carbocycles. The Morgan fingerprint density at radius 1 is 1.12 bits per heavy atom. The van der Waals surface area contributed by atoms with Crippen LogP contribution in [0.25, 0.3) is 11.1 Å². The first kappa shape index (κ1) is 15.3. The summed E-state index contributed by atoms with van der Waals surface area (Å²) in [5.41, 5.74) is 4.71. The lowest BCUT2D eigenvalue weighted by Gasteiger charge is -2.29. The Hall–Kier alpha value is -2.95. The molecule has 2 heterocycles. The van der Waals surface area contributed by atoms with E-state index in [2.05, 4.69) is 39.8 Å². The number of carbonyl (C=O) groups excluding carboxylic acids is 1. The van der Waals surface area contributed by atoms with E-state index >= 15 is 0 Å². The summed E-state index contributed by atoms with van der Waals surface area (Å²) in [4.78, 5) is 12.8. The second kappa shape index (κ2) is 5.53. The molecule has 3 aromatic rings. The number of hydrogen-bond acceptors (Lipinski definition) is 2. The Morgan fingerprint density at radius 2 is 1.96 bits per heavy atom. The minimum absolute atomic E-state index is 0.0426. The van der Waals surface area contributed by atoms with Crippen molar-refractivity contribution in [2.24, 2.45) is 5.41 Å². The number of aromatic amines is 1. The topological polar surface area (TPSA) is 57.8 Å². The number of amides is 1. The summed E-state index contributed by atoms with van der Waals surface area (Å²) in [5.74, 6) is -0.203. The van der Waals surface area contributed by atoms with E-state index in [1.54, 1.807) is 12.3 Å². The zero-order chi connectivity index (χ0) is 17.7. The number of hydrogen-bond donors (Lipinski definition) is 2. The van der Waals surface area contributed by atoms with E-state index in [1.807, 2.05) is 12.3 Å². The van der Waals surface area contributed by atoms with Crippen LogP contribution >= 0.6 is 0 Å². The molecule has 5 rings (SSSR count). The van der Waals surface area contributed by atoms with Crippen molar-refractivity contribution >= 4 is 5.91 Å². The summed E-state index contributed by atoms with van der Waals surface area (Å²) in [6, 6.07) is 13.2. The molecule has 1 aliphatic carbocycles. The molecular weight excluding hydrogens is 329 g/mol. The lowest BCUT2D eigenvalue weighted by molar-refractivity contribution is -0.127. The van der Waals surface area contributed by atoms with Crippen molar-refractivity contribution in [2.45, 2.75) is 18.8 Å². The summed E-state index contributed by atoms with van der Waals surface area (Å²) < 4.78 is 13.8. The predicted molar refractivity (Wildman–Crippen MR) is 96.0 cm³/mol. The highest BCUT2D eigenvalue weighted by Crippen LogP contribution is 2.54.